The Morgan fingerprint density at radius 1 is 1.00 bits per heavy atom. The van der Waals surface area contributed by atoms with Gasteiger partial charge in [0.2, 0.25) is 5.91 Å². The molecule has 7 heteroatoms. The standard InChI is InChI=1S/C23H16F3N3O/c24-23(25,26)18-3-1-15(20(14-18)16-7-10-27-11-8-16)2-6-22(30)29-19-4-5-21-17(13-19)9-12-28-21/h1-14,28H,(H,29,30)/b6-2+. The zero-order valence-corrected chi connectivity index (χ0v) is 15.6. The number of hydrogen-bond donors (Lipinski definition) is 2. The summed E-state index contributed by atoms with van der Waals surface area (Å²) in [5.41, 5.74) is 2.26. The number of fused-ring (bicyclic) bond motifs is 1. The van der Waals surface area contributed by atoms with E-state index in [4.69, 9.17) is 0 Å². The number of amides is 1. The number of alkyl halides is 3. The SMILES string of the molecule is O=C(/C=C/c1ccc(C(F)(F)F)cc1-c1ccncc1)Nc1ccc2[nH]ccc2c1. The molecule has 0 atom stereocenters. The second-order valence-electron chi connectivity index (χ2n) is 6.64. The number of aromatic nitrogens is 2. The van der Waals surface area contributed by atoms with Gasteiger partial charge in [0.25, 0.3) is 0 Å². The smallest absolute Gasteiger partial charge is 0.361 e. The van der Waals surface area contributed by atoms with Crippen molar-refractivity contribution >= 4 is 28.6 Å². The first kappa shape index (κ1) is 19.4. The molecule has 0 unspecified atom stereocenters. The van der Waals surface area contributed by atoms with Crippen LogP contribution in [0.4, 0.5) is 18.9 Å². The van der Waals surface area contributed by atoms with Gasteiger partial charge in [-0.25, -0.2) is 0 Å². The molecule has 0 fully saturated rings. The van der Waals surface area contributed by atoms with Crippen LogP contribution in [-0.2, 0) is 11.0 Å². The van der Waals surface area contributed by atoms with Crippen LogP contribution in [0.2, 0.25) is 0 Å². The maximum atomic E-state index is 13.2. The number of benzene rings is 2. The summed E-state index contributed by atoms with van der Waals surface area (Å²) in [4.78, 5) is 19.3. The molecule has 2 aromatic heterocycles. The summed E-state index contributed by atoms with van der Waals surface area (Å²) in [5, 5.41) is 3.72. The van der Waals surface area contributed by atoms with Crippen molar-refractivity contribution in [3.63, 3.8) is 0 Å². The number of anilines is 1. The molecule has 1 amide bonds. The molecule has 0 radical (unpaired) electrons. The van der Waals surface area contributed by atoms with Gasteiger partial charge in [-0.05, 0) is 71.3 Å². The average molecular weight is 407 g/mol. The Labute approximate surface area is 170 Å². The Balaban J connectivity index is 1.61. The van der Waals surface area contributed by atoms with Gasteiger partial charge >= 0.3 is 6.18 Å². The number of carbonyl (C=O) groups excluding carboxylic acids is 1. The third kappa shape index (κ3) is 4.25. The van der Waals surface area contributed by atoms with Crippen LogP contribution in [0.3, 0.4) is 0 Å². The summed E-state index contributed by atoms with van der Waals surface area (Å²) in [6, 6.07) is 14.0. The van der Waals surface area contributed by atoms with E-state index in [1.54, 1.807) is 24.4 Å². The van der Waals surface area contributed by atoms with Crippen LogP contribution >= 0.6 is 0 Å². The highest BCUT2D eigenvalue weighted by atomic mass is 19.4. The van der Waals surface area contributed by atoms with E-state index in [1.165, 1.54) is 30.6 Å². The Hall–Kier alpha value is -3.87. The third-order valence-corrected chi connectivity index (χ3v) is 4.61. The largest absolute Gasteiger partial charge is 0.416 e. The minimum absolute atomic E-state index is 0.366. The monoisotopic (exact) mass is 407 g/mol. The number of pyridine rings is 1. The molecule has 0 aliphatic heterocycles. The number of rotatable bonds is 4. The lowest BCUT2D eigenvalue weighted by Crippen LogP contribution is -2.08. The topological polar surface area (TPSA) is 57.8 Å². The number of hydrogen-bond acceptors (Lipinski definition) is 2. The first-order valence-corrected chi connectivity index (χ1v) is 9.08. The molecular formula is C23H16F3N3O. The van der Waals surface area contributed by atoms with E-state index in [1.807, 2.05) is 18.2 Å². The molecule has 2 aromatic carbocycles. The van der Waals surface area contributed by atoms with Crippen LogP contribution in [0.1, 0.15) is 11.1 Å². The molecule has 0 saturated heterocycles. The summed E-state index contributed by atoms with van der Waals surface area (Å²) in [7, 11) is 0. The fourth-order valence-corrected chi connectivity index (χ4v) is 3.14. The molecule has 0 saturated carbocycles. The van der Waals surface area contributed by atoms with Crippen LogP contribution in [0, 0.1) is 0 Å². The van der Waals surface area contributed by atoms with Crippen molar-refractivity contribution in [3.8, 4) is 11.1 Å². The lowest BCUT2D eigenvalue weighted by molar-refractivity contribution is -0.137. The summed E-state index contributed by atoms with van der Waals surface area (Å²) in [6.07, 6.45) is 3.16. The van der Waals surface area contributed by atoms with E-state index >= 15 is 0 Å². The molecule has 4 nitrogen and oxygen atoms in total. The normalized spacial score (nSPS) is 11.8. The van der Waals surface area contributed by atoms with Crippen LogP contribution in [0.5, 0.6) is 0 Å². The van der Waals surface area contributed by atoms with Gasteiger partial charge in [-0.3, -0.25) is 9.78 Å². The van der Waals surface area contributed by atoms with E-state index in [9.17, 15) is 18.0 Å². The average Bonchev–Trinajstić information content (AvgIpc) is 3.20. The Morgan fingerprint density at radius 2 is 1.80 bits per heavy atom. The highest BCUT2D eigenvalue weighted by Crippen LogP contribution is 2.34. The van der Waals surface area contributed by atoms with Crippen molar-refractivity contribution in [2.24, 2.45) is 0 Å². The van der Waals surface area contributed by atoms with Gasteiger partial charge in [0, 0.05) is 41.3 Å². The lowest BCUT2D eigenvalue weighted by atomic mass is 9.97. The second kappa shape index (κ2) is 7.87. The number of carbonyl (C=O) groups is 1. The summed E-state index contributed by atoms with van der Waals surface area (Å²) >= 11 is 0. The number of aromatic amines is 1. The minimum atomic E-state index is -4.46. The van der Waals surface area contributed by atoms with Crippen molar-refractivity contribution in [3.05, 3.63) is 90.4 Å². The zero-order valence-electron chi connectivity index (χ0n) is 15.6. The molecule has 0 aliphatic carbocycles. The second-order valence-corrected chi connectivity index (χ2v) is 6.64. The molecule has 0 spiro atoms. The fourth-order valence-electron chi connectivity index (χ4n) is 3.14. The third-order valence-electron chi connectivity index (χ3n) is 4.61. The first-order chi connectivity index (χ1) is 14.4. The van der Waals surface area contributed by atoms with Gasteiger partial charge in [0.05, 0.1) is 5.56 Å². The van der Waals surface area contributed by atoms with Crippen molar-refractivity contribution in [2.45, 2.75) is 6.18 Å². The molecule has 2 N–H and O–H groups in total. The zero-order chi connectivity index (χ0) is 21.1. The van der Waals surface area contributed by atoms with Crippen LogP contribution in [0.15, 0.2) is 79.3 Å². The summed E-state index contributed by atoms with van der Waals surface area (Å²) in [6.45, 7) is 0. The molecular weight excluding hydrogens is 391 g/mol. The Kier molecular flexibility index (Phi) is 5.10. The predicted octanol–water partition coefficient (Wildman–Crippen LogP) is 5.90. The highest BCUT2D eigenvalue weighted by molar-refractivity contribution is 6.03. The van der Waals surface area contributed by atoms with Crippen molar-refractivity contribution in [1.29, 1.82) is 0 Å². The first-order valence-electron chi connectivity index (χ1n) is 9.08. The van der Waals surface area contributed by atoms with Gasteiger partial charge in [-0.1, -0.05) is 6.07 Å². The molecule has 2 heterocycles. The lowest BCUT2D eigenvalue weighted by Gasteiger charge is -2.12. The fraction of sp³-hybridized carbons (Fsp3) is 0.0435. The number of halogens is 3. The van der Waals surface area contributed by atoms with Gasteiger partial charge in [0.15, 0.2) is 0 Å². The molecule has 0 bridgehead atoms. The Morgan fingerprint density at radius 3 is 2.57 bits per heavy atom. The quantitative estimate of drug-likeness (QED) is 0.414. The van der Waals surface area contributed by atoms with Crippen molar-refractivity contribution in [2.75, 3.05) is 5.32 Å². The molecule has 4 rings (SSSR count). The number of H-pyrrole nitrogens is 1. The maximum Gasteiger partial charge on any atom is 0.416 e. The molecule has 0 aliphatic rings. The highest BCUT2D eigenvalue weighted by Gasteiger charge is 2.31. The van der Waals surface area contributed by atoms with Crippen molar-refractivity contribution in [1.82, 2.24) is 9.97 Å². The summed E-state index contributed by atoms with van der Waals surface area (Å²) < 4.78 is 39.5. The minimum Gasteiger partial charge on any atom is -0.361 e. The number of nitrogens with zero attached hydrogens (tertiary/aromatic N) is 1. The van der Waals surface area contributed by atoms with Gasteiger partial charge in [-0.2, -0.15) is 13.2 Å². The van der Waals surface area contributed by atoms with Gasteiger partial charge in [0.1, 0.15) is 0 Å². The van der Waals surface area contributed by atoms with Crippen LogP contribution in [-0.4, -0.2) is 15.9 Å². The van der Waals surface area contributed by atoms with Crippen LogP contribution in [0.25, 0.3) is 28.1 Å². The van der Waals surface area contributed by atoms with E-state index in [2.05, 4.69) is 15.3 Å². The van der Waals surface area contributed by atoms with E-state index in [0.29, 0.717) is 22.4 Å². The van der Waals surface area contributed by atoms with E-state index in [0.717, 1.165) is 23.0 Å². The van der Waals surface area contributed by atoms with Crippen LogP contribution < -0.4 is 5.32 Å². The Bertz CT molecular complexity index is 1230. The van der Waals surface area contributed by atoms with Gasteiger partial charge < -0.3 is 10.3 Å². The van der Waals surface area contributed by atoms with Gasteiger partial charge in [-0.15, -0.1) is 0 Å². The summed E-state index contributed by atoms with van der Waals surface area (Å²) in [5.74, 6) is -0.384. The molecule has 30 heavy (non-hydrogen) atoms. The maximum absolute atomic E-state index is 13.2. The molecule has 4 aromatic rings. The van der Waals surface area contributed by atoms with E-state index < -0.39 is 11.7 Å². The van der Waals surface area contributed by atoms with E-state index in [-0.39, 0.29) is 5.91 Å². The molecule has 150 valence electrons. The van der Waals surface area contributed by atoms with Crippen molar-refractivity contribution < 1.29 is 18.0 Å². The predicted molar refractivity (Wildman–Crippen MR) is 111 cm³/mol. The number of nitrogens with one attached hydrogen (secondary N) is 2.